The molecule has 6 heteroatoms. The van der Waals surface area contributed by atoms with Crippen LogP contribution in [0.2, 0.25) is 0 Å². The third-order valence-electron chi connectivity index (χ3n) is 4.27. The van der Waals surface area contributed by atoms with E-state index in [2.05, 4.69) is 22.5 Å². The van der Waals surface area contributed by atoms with E-state index in [-0.39, 0.29) is 12.6 Å². The molecule has 27 heavy (non-hydrogen) atoms. The van der Waals surface area contributed by atoms with Gasteiger partial charge in [0.1, 0.15) is 17.2 Å². The highest BCUT2D eigenvalue weighted by Gasteiger charge is 2.12. The number of ether oxygens (including phenoxy) is 1. The second-order valence-corrected chi connectivity index (χ2v) is 6.11. The van der Waals surface area contributed by atoms with Crippen molar-refractivity contribution in [3.8, 4) is 17.2 Å². The van der Waals surface area contributed by atoms with Crippen LogP contribution in [0, 0.1) is 6.92 Å². The lowest BCUT2D eigenvalue weighted by Gasteiger charge is -2.07. The predicted octanol–water partition coefficient (Wildman–Crippen LogP) is 4.54. The molecule has 0 radical (unpaired) electrons. The van der Waals surface area contributed by atoms with E-state index in [9.17, 15) is 4.79 Å². The number of methoxy groups -OCH3 is 1. The maximum atomic E-state index is 12.1. The summed E-state index contributed by atoms with van der Waals surface area (Å²) in [5.74, 6) is 1.96. The maximum absolute atomic E-state index is 12.1. The highest BCUT2D eigenvalue weighted by Crippen LogP contribution is 2.24. The summed E-state index contributed by atoms with van der Waals surface area (Å²) >= 11 is 0. The van der Waals surface area contributed by atoms with Crippen LogP contribution in [0.5, 0.6) is 5.75 Å². The molecule has 3 aromatic rings. The van der Waals surface area contributed by atoms with Crippen LogP contribution in [-0.2, 0) is 13.0 Å². The van der Waals surface area contributed by atoms with Gasteiger partial charge in [0.15, 0.2) is 0 Å². The Labute approximate surface area is 158 Å². The average Bonchev–Trinajstić information content (AvgIpc) is 3.07. The maximum Gasteiger partial charge on any atom is 0.319 e. The Morgan fingerprint density at radius 1 is 1.11 bits per heavy atom. The minimum absolute atomic E-state index is 0.282. The fraction of sp³-hybridized carbons (Fsp3) is 0.238. The number of carbonyl (C=O) groups is 1. The predicted molar refractivity (Wildman–Crippen MR) is 105 cm³/mol. The number of anilines is 1. The van der Waals surface area contributed by atoms with Gasteiger partial charge < -0.3 is 19.8 Å². The summed E-state index contributed by atoms with van der Waals surface area (Å²) < 4.78 is 10.9. The van der Waals surface area contributed by atoms with E-state index in [0.29, 0.717) is 17.3 Å². The average molecular weight is 365 g/mol. The van der Waals surface area contributed by atoms with Crippen molar-refractivity contribution < 1.29 is 13.9 Å². The van der Waals surface area contributed by atoms with Gasteiger partial charge in [0.25, 0.3) is 0 Å². The molecule has 2 aromatic carbocycles. The van der Waals surface area contributed by atoms with Crippen molar-refractivity contribution in [3.05, 3.63) is 65.5 Å². The summed E-state index contributed by atoms with van der Waals surface area (Å²) in [6.07, 6.45) is 0.967. The normalized spacial score (nSPS) is 10.5. The summed E-state index contributed by atoms with van der Waals surface area (Å²) in [4.78, 5) is 16.6. The second kappa shape index (κ2) is 8.40. The zero-order chi connectivity index (χ0) is 19.2. The molecular weight excluding hydrogens is 342 g/mol. The van der Waals surface area contributed by atoms with E-state index in [1.165, 1.54) is 5.56 Å². The van der Waals surface area contributed by atoms with Crippen LogP contribution in [0.3, 0.4) is 0 Å². The van der Waals surface area contributed by atoms with Gasteiger partial charge in [0.05, 0.1) is 13.7 Å². The molecule has 140 valence electrons. The van der Waals surface area contributed by atoms with Crippen LogP contribution in [0.4, 0.5) is 10.5 Å². The molecule has 2 N–H and O–H groups in total. The first kappa shape index (κ1) is 18.5. The summed E-state index contributed by atoms with van der Waals surface area (Å²) in [6, 6.07) is 15.0. The van der Waals surface area contributed by atoms with Crippen LogP contribution in [0.1, 0.15) is 23.9 Å². The zero-order valence-electron chi connectivity index (χ0n) is 15.7. The van der Waals surface area contributed by atoms with Gasteiger partial charge in [-0.1, -0.05) is 19.1 Å². The topological polar surface area (TPSA) is 76.4 Å². The largest absolute Gasteiger partial charge is 0.497 e. The zero-order valence-corrected chi connectivity index (χ0v) is 15.7. The van der Waals surface area contributed by atoms with Crippen molar-refractivity contribution in [1.82, 2.24) is 10.3 Å². The molecule has 0 bridgehead atoms. The van der Waals surface area contributed by atoms with Gasteiger partial charge in [-0.25, -0.2) is 9.78 Å². The first-order chi connectivity index (χ1) is 13.1. The molecule has 0 saturated heterocycles. The van der Waals surface area contributed by atoms with Gasteiger partial charge in [0, 0.05) is 11.3 Å². The summed E-state index contributed by atoms with van der Waals surface area (Å²) in [5.41, 5.74) is 3.52. The molecule has 0 saturated carbocycles. The monoisotopic (exact) mass is 365 g/mol. The Bertz CT molecular complexity index is 899. The molecule has 0 aliphatic heterocycles. The molecule has 0 spiro atoms. The summed E-state index contributed by atoms with van der Waals surface area (Å²) in [5, 5.41) is 5.62. The first-order valence-corrected chi connectivity index (χ1v) is 8.83. The quantitative estimate of drug-likeness (QED) is 0.672. The van der Waals surface area contributed by atoms with Crippen molar-refractivity contribution in [1.29, 1.82) is 0 Å². The molecule has 1 aromatic heterocycles. The third-order valence-corrected chi connectivity index (χ3v) is 4.27. The van der Waals surface area contributed by atoms with Crippen molar-refractivity contribution in [3.63, 3.8) is 0 Å². The van der Waals surface area contributed by atoms with Gasteiger partial charge in [0.2, 0.25) is 5.89 Å². The second-order valence-electron chi connectivity index (χ2n) is 6.11. The van der Waals surface area contributed by atoms with Crippen LogP contribution in [0.25, 0.3) is 11.5 Å². The summed E-state index contributed by atoms with van der Waals surface area (Å²) in [7, 11) is 1.62. The van der Waals surface area contributed by atoms with Crippen LogP contribution >= 0.6 is 0 Å². The number of rotatable bonds is 6. The summed E-state index contributed by atoms with van der Waals surface area (Å²) in [6.45, 7) is 4.21. The minimum atomic E-state index is -0.285. The van der Waals surface area contributed by atoms with Gasteiger partial charge in [-0.15, -0.1) is 0 Å². The van der Waals surface area contributed by atoms with Crippen molar-refractivity contribution >= 4 is 11.7 Å². The number of aromatic nitrogens is 1. The van der Waals surface area contributed by atoms with Gasteiger partial charge in [-0.2, -0.15) is 0 Å². The molecule has 0 aliphatic rings. The number of nitrogens with one attached hydrogen (secondary N) is 2. The van der Waals surface area contributed by atoms with Crippen molar-refractivity contribution in [2.24, 2.45) is 0 Å². The number of hydrogen-bond acceptors (Lipinski definition) is 4. The van der Waals surface area contributed by atoms with Crippen molar-refractivity contribution in [2.75, 3.05) is 12.4 Å². The van der Waals surface area contributed by atoms with Crippen LogP contribution in [-0.4, -0.2) is 18.1 Å². The fourth-order valence-corrected chi connectivity index (χ4v) is 2.61. The molecule has 0 unspecified atom stereocenters. The SMILES string of the molecule is CCc1ccc(NC(=O)NCc2nc(-c3ccc(OC)cc3)oc2C)cc1. The highest BCUT2D eigenvalue weighted by atomic mass is 16.5. The first-order valence-electron chi connectivity index (χ1n) is 8.83. The van der Waals surface area contributed by atoms with Crippen LogP contribution < -0.4 is 15.4 Å². The molecular formula is C21H23N3O3. The number of oxazole rings is 1. The van der Waals surface area contributed by atoms with E-state index >= 15 is 0 Å². The third kappa shape index (κ3) is 4.67. The Hall–Kier alpha value is -3.28. The van der Waals surface area contributed by atoms with E-state index in [0.717, 1.165) is 23.4 Å². The number of nitrogens with zero attached hydrogens (tertiary/aromatic N) is 1. The molecule has 0 fully saturated rings. The molecule has 3 rings (SSSR count). The lowest BCUT2D eigenvalue weighted by atomic mass is 10.1. The molecule has 0 atom stereocenters. The molecule has 6 nitrogen and oxygen atoms in total. The number of urea groups is 1. The van der Waals surface area contributed by atoms with Gasteiger partial charge in [-0.3, -0.25) is 0 Å². The number of hydrogen-bond donors (Lipinski definition) is 2. The van der Waals surface area contributed by atoms with E-state index in [4.69, 9.17) is 9.15 Å². The molecule has 1 heterocycles. The van der Waals surface area contributed by atoms with E-state index in [1.54, 1.807) is 7.11 Å². The number of amides is 2. The van der Waals surface area contributed by atoms with Crippen LogP contribution in [0.15, 0.2) is 52.9 Å². The van der Waals surface area contributed by atoms with Gasteiger partial charge >= 0.3 is 6.03 Å². The smallest absolute Gasteiger partial charge is 0.319 e. The standard InChI is InChI=1S/C21H23N3O3/c1-4-15-5-9-17(10-6-15)23-21(25)22-13-19-14(2)27-20(24-19)16-7-11-18(26-3)12-8-16/h5-12H,4,13H2,1-3H3,(H2,22,23,25). The van der Waals surface area contributed by atoms with Crippen molar-refractivity contribution in [2.45, 2.75) is 26.8 Å². The highest BCUT2D eigenvalue weighted by molar-refractivity contribution is 5.89. The van der Waals surface area contributed by atoms with E-state index < -0.39 is 0 Å². The van der Waals surface area contributed by atoms with Gasteiger partial charge in [-0.05, 0) is 55.3 Å². The number of carbonyl (C=O) groups excluding carboxylic acids is 1. The van der Waals surface area contributed by atoms with E-state index in [1.807, 2.05) is 55.5 Å². The fourth-order valence-electron chi connectivity index (χ4n) is 2.61. The number of aryl methyl sites for hydroxylation is 2. The Morgan fingerprint density at radius 3 is 2.44 bits per heavy atom. The lowest BCUT2D eigenvalue weighted by Crippen LogP contribution is -2.28. The lowest BCUT2D eigenvalue weighted by molar-refractivity contribution is 0.251. The Morgan fingerprint density at radius 2 is 1.81 bits per heavy atom. The Balaban J connectivity index is 1.60. The number of benzene rings is 2. The molecule has 0 aliphatic carbocycles. The molecule has 2 amide bonds. The Kier molecular flexibility index (Phi) is 5.76. The minimum Gasteiger partial charge on any atom is -0.497 e.